The summed E-state index contributed by atoms with van der Waals surface area (Å²) in [6.45, 7) is 1.73. The first-order valence-electron chi connectivity index (χ1n) is 6.12. The lowest BCUT2D eigenvalue weighted by Crippen LogP contribution is -2.17. The zero-order valence-corrected chi connectivity index (χ0v) is 10.6. The Morgan fingerprint density at radius 2 is 1.94 bits per heavy atom. The van der Waals surface area contributed by atoms with E-state index in [1.807, 2.05) is 18.2 Å². The number of aromatic nitrogens is 1. The van der Waals surface area contributed by atoms with E-state index >= 15 is 0 Å². The van der Waals surface area contributed by atoms with Crippen molar-refractivity contribution in [2.45, 2.75) is 13.0 Å². The third-order valence-corrected chi connectivity index (χ3v) is 2.79. The van der Waals surface area contributed by atoms with Gasteiger partial charge in [0.25, 0.3) is 0 Å². The number of pyridine rings is 1. The van der Waals surface area contributed by atoms with Gasteiger partial charge < -0.3 is 10.1 Å². The maximum atomic E-state index is 5.21. The minimum Gasteiger partial charge on any atom is -0.481 e. The van der Waals surface area contributed by atoms with Crippen molar-refractivity contribution in [3.05, 3.63) is 59.8 Å². The Morgan fingerprint density at radius 1 is 1.11 bits per heavy atom. The van der Waals surface area contributed by atoms with Crippen LogP contribution < -0.4 is 10.1 Å². The Labute approximate surface area is 108 Å². The number of hydrogen-bond donors (Lipinski definition) is 1. The van der Waals surface area contributed by atoms with E-state index in [-0.39, 0.29) is 0 Å². The standard InChI is InChI=1S/C15H18N2O/c1-18-15-14(8-5-10-17-15)12-16-11-9-13-6-3-2-4-7-13/h2-8,10,16H,9,11-12H2,1H3. The van der Waals surface area contributed by atoms with Gasteiger partial charge in [0, 0.05) is 18.3 Å². The van der Waals surface area contributed by atoms with Crippen molar-refractivity contribution in [2.24, 2.45) is 0 Å². The molecule has 0 radical (unpaired) electrons. The fourth-order valence-corrected chi connectivity index (χ4v) is 1.84. The van der Waals surface area contributed by atoms with E-state index < -0.39 is 0 Å². The third kappa shape index (κ3) is 3.57. The summed E-state index contributed by atoms with van der Waals surface area (Å²) in [5, 5.41) is 3.40. The zero-order valence-electron chi connectivity index (χ0n) is 10.6. The van der Waals surface area contributed by atoms with Crippen LogP contribution in [0.15, 0.2) is 48.7 Å². The summed E-state index contributed by atoms with van der Waals surface area (Å²) in [6.07, 6.45) is 2.77. The molecule has 18 heavy (non-hydrogen) atoms. The fraction of sp³-hybridized carbons (Fsp3) is 0.267. The average molecular weight is 242 g/mol. The second kappa shape index (κ2) is 6.77. The molecule has 2 aromatic rings. The van der Waals surface area contributed by atoms with E-state index in [4.69, 9.17) is 4.74 Å². The van der Waals surface area contributed by atoms with Gasteiger partial charge in [-0.15, -0.1) is 0 Å². The van der Waals surface area contributed by atoms with Crippen molar-refractivity contribution in [1.82, 2.24) is 10.3 Å². The van der Waals surface area contributed by atoms with Crippen LogP contribution in [0.3, 0.4) is 0 Å². The molecule has 3 heteroatoms. The van der Waals surface area contributed by atoms with Crippen LogP contribution in [0, 0.1) is 0 Å². The number of nitrogens with one attached hydrogen (secondary N) is 1. The number of ether oxygens (including phenoxy) is 1. The molecule has 0 spiro atoms. The molecule has 0 bridgehead atoms. The first kappa shape index (κ1) is 12.6. The molecule has 3 nitrogen and oxygen atoms in total. The first-order chi connectivity index (χ1) is 8.90. The summed E-state index contributed by atoms with van der Waals surface area (Å²) in [6, 6.07) is 14.4. The third-order valence-electron chi connectivity index (χ3n) is 2.79. The molecule has 0 unspecified atom stereocenters. The molecule has 1 aromatic carbocycles. The van der Waals surface area contributed by atoms with Gasteiger partial charge in [-0.1, -0.05) is 36.4 Å². The number of methoxy groups -OCH3 is 1. The minimum atomic E-state index is 0.699. The molecule has 0 fully saturated rings. The number of rotatable bonds is 6. The number of hydrogen-bond acceptors (Lipinski definition) is 3. The van der Waals surface area contributed by atoms with E-state index in [1.54, 1.807) is 13.3 Å². The molecular formula is C15H18N2O. The van der Waals surface area contributed by atoms with Crippen LogP contribution in [0.5, 0.6) is 5.88 Å². The summed E-state index contributed by atoms with van der Waals surface area (Å²) in [7, 11) is 1.65. The van der Waals surface area contributed by atoms with Crippen LogP contribution in [-0.4, -0.2) is 18.6 Å². The van der Waals surface area contributed by atoms with Gasteiger partial charge >= 0.3 is 0 Å². The van der Waals surface area contributed by atoms with Crippen molar-refractivity contribution in [2.75, 3.05) is 13.7 Å². The predicted molar refractivity (Wildman–Crippen MR) is 72.6 cm³/mol. The Morgan fingerprint density at radius 3 is 2.72 bits per heavy atom. The molecular weight excluding hydrogens is 224 g/mol. The zero-order chi connectivity index (χ0) is 12.6. The van der Waals surface area contributed by atoms with Gasteiger partial charge in [0.15, 0.2) is 0 Å². The van der Waals surface area contributed by atoms with Crippen molar-refractivity contribution < 1.29 is 4.74 Å². The van der Waals surface area contributed by atoms with E-state index in [2.05, 4.69) is 34.6 Å². The molecule has 1 N–H and O–H groups in total. The number of nitrogens with zero attached hydrogens (tertiary/aromatic N) is 1. The van der Waals surface area contributed by atoms with Crippen LogP contribution >= 0.6 is 0 Å². The Kier molecular flexibility index (Phi) is 4.73. The van der Waals surface area contributed by atoms with Gasteiger partial charge in [0.05, 0.1) is 7.11 Å². The van der Waals surface area contributed by atoms with E-state index in [0.29, 0.717) is 5.88 Å². The maximum absolute atomic E-state index is 5.21. The molecule has 1 heterocycles. The van der Waals surface area contributed by atoms with Gasteiger partial charge in [-0.05, 0) is 24.6 Å². The Balaban J connectivity index is 1.78. The lowest BCUT2D eigenvalue weighted by molar-refractivity contribution is 0.390. The Hall–Kier alpha value is -1.87. The molecule has 0 saturated heterocycles. The van der Waals surface area contributed by atoms with Crippen LogP contribution in [0.25, 0.3) is 0 Å². The highest BCUT2D eigenvalue weighted by Crippen LogP contribution is 2.12. The SMILES string of the molecule is COc1ncccc1CNCCc1ccccc1. The quantitative estimate of drug-likeness (QED) is 0.790. The summed E-state index contributed by atoms with van der Waals surface area (Å²) in [5.41, 5.74) is 2.44. The molecule has 0 aliphatic rings. The first-order valence-corrected chi connectivity index (χ1v) is 6.12. The van der Waals surface area contributed by atoms with Crippen LogP contribution in [0.2, 0.25) is 0 Å². The fourth-order valence-electron chi connectivity index (χ4n) is 1.84. The molecule has 0 aliphatic carbocycles. The summed E-state index contributed by atoms with van der Waals surface area (Å²) >= 11 is 0. The van der Waals surface area contributed by atoms with Crippen LogP contribution in [0.4, 0.5) is 0 Å². The van der Waals surface area contributed by atoms with Crippen molar-refractivity contribution >= 4 is 0 Å². The topological polar surface area (TPSA) is 34.1 Å². The molecule has 0 saturated carbocycles. The van der Waals surface area contributed by atoms with Crippen molar-refractivity contribution in [3.63, 3.8) is 0 Å². The highest BCUT2D eigenvalue weighted by atomic mass is 16.5. The smallest absolute Gasteiger partial charge is 0.217 e. The highest BCUT2D eigenvalue weighted by Gasteiger charge is 2.01. The van der Waals surface area contributed by atoms with Crippen molar-refractivity contribution in [3.8, 4) is 5.88 Å². The van der Waals surface area contributed by atoms with Gasteiger partial charge in [-0.25, -0.2) is 4.98 Å². The van der Waals surface area contributed by atoms with Gasteiger partial charge in [-0.2, -0.15) is 0 Å². The molecule has 94 valence electrons. The maximum Gasteiger partial charge on any atom is 0.217 e. The molecule has 2 rings (SSSR count). The van der Waals surface area contributed by atoms with Gasteiger partial charge in [0.1, 0.15) is 0 Å². The summed E-state index contributed by atoms with van der Waals surface area (Å²) < 4.78 is 5.21. The molecule has 0 atom stereocenters. The van der Waals surface area contributed by atoms with E-state index in [1.165, 1.54) is 5.56 Å². The normalized spacial score (nSPS) is 10.3. The second-order valence-corrected chi connectivity index (χ2v) is 4.08. The molecule has 0 amide bonds. The van der Waals surface area contributed by atoms with Crippen LogP contribution in [-0.2, 0) is 13.0 Å². The highest BCUT2D eigenvalue weighted by molar-refractivity contribution is 5.25. The number of benzene rings is 1. The lowest BCUT2D eigenvalue weighted by atomic mass is 10.1. The van der Waals surface area contributed by atoms with E-state index in [9.17, 15) is 0 Å². The van der Waals surface area contributed by atoms with Gasteiger partial charge in [-0.3, -0.25) is 0 Å². The van der Waals surface area contributed by atoms with Crippen LogP contribution in [0.1, 0.15) is 11.1 Å². The molecule has 0 aliphatic heterocycles. The summed E-state index contributed by atoms with van der Waals surface area (Å²) in [5.74, 6) is 0.699. The minimum absolute atomic E-state index is 0.699. The monoisotopic (exact) mass is 242 g/mol. The van der Waals surface area contributed by atoms with E-state index in [0.717, 1.165) is 25.1 Å². The second-order valence-electron chi connectivity index (χ2n) is 4.08. The largest absolute Gasteiger partial charge is 0.481 e. The van der Waals surface area contributed by atoms with Crippen molar-refractivity contribution in [1.29, 1.82) is 0 Å². The average Bonchev–Trinajstić information content (AvgIpc) is 2.45. The summed E-state index contributed by atoms with van der Waals surface area (Å²) in [4.78, 5) is 4.17. The van der Waals surface area contributed by atoms with Gasteiger partial charge in [0.2, 0.25) is 5.88 Å². The molecule has 1 aromatic heterocycles. The predicted octanol–water partition coefficient (Wildman–Crippen LogP) is 2.42. The Bertz CT molecular complexity index is 471. The lowest BCUT2D eigenvalue weighted by Gasteiger charge is -2.08.